The van der Waals surface area contributed by atoms with Gasteiger partial charge in [-0.15, -0.1) is 0 Å². The maximum absolute atomic E-state index is 12.6. The third kappa shape index (κ3) is 6.05. The van der Waals surface area contributed by atoms with Gasteiger partial charge in [-0.25, -0.2) is 0 Å². The molecule has 1 amide bonds. The van der Waals surface area contributed by atoms with Gasteiger partial charge in [0.25, 0.3) is 5.91 Å². The highest BCUT2D eigenvalue weighted by atomic mass is 32.1. The Kier molecular flexibility index (Phi) is 7.28. The fraction of sp³-hybridized carbons (Fsp3) is 0.0968. The zero-order chi connectivity index (χ0) is 25.6. The van der Waals surface area contributed by atoms with Gasteiger partial charge in [0, 0.05) is 18.5 Å². The Hall–Kier alpha value is -4.42. The molecule has 0 fully saturated rings. The van der Waals surface area contributed by atoms with Crippen molar-refractivity contribution in [1.82, 2.24) is 10.3 Å². The summed E-state index contributed by atoms with van der Waals surface area (Å²) in [7, 11) is 0. The van der Waals surface area contributed by atoms with Gasteiger partial charge < -0.3 is 10.4 Å². The van der Waals surface area contributed by atoms with Gasteiger partial charge in [-0.05, 0) is 51.9 Å². The van der Waals surface area contributed by atoms with Crippen LogP contribution < -0.4 is 10.2 Å². The number of thiazole rings is 1. The topological polar surface area (TPSA) is 82.2 Å². The van der Waals surface area contributed by atoms with E-state index in [0.29, 0.717) is 23.4 Å². The van der Waals surface area contributed by atoms with Crippen LogP contribution in [-0.4, -0.2) is 22.5 Å². The van der Waals surface area contributed by atoms with E-state index in [-0.39, 0.29) is 16.7 Å². The molecule has 5 nitrogen and oxygen atoms in total. The van der Waals surface area contributed by atoms with Gasteiger partial charge in [0.1, 0.15) is 0 Å². The van der Waals surface area contributed by atoms with Crippen LogP contribution in [0.2, 0.25) is 0 Å². The first-order chi connectivity index (χ1) is 18.0. The van der Waals surface area contributed by atoms with E-state index in [2.05, 4.69) is 40.6 Å². The lowest BCUT2D eigenvalue weighted by Gasteiger charge is -2.09. The van der Waals surface area contributed by atoms with E-state index < -0.39 is 0 Å². The minimum Gasteiger partial charge on any atom is -0.494 e. The van der Waals surface area contributed by atoms with Gasteiger partial charge in [-0.3, -0.25) is 14.6 Å². The number of hydrogen-bond donors (Lipinski definition) is 3. The number of H-pyrrole nitrogens is 1. The Bertz CT molecular complexity index is 1550. The van der Waals surface area contributed by atoms with Crippen LogP contribution in [-0.2, 0) is 12.8 Å². The number of amides is 1. The van der Waals surface area contributed by atoms with Crippen molar-refractivity contribution in [2.75, 3.05) is 6.54 Å². The molecule has 0 saturated heterocycles. The summed E-state index contributed by atoms with van der Waals surface area (Å²) in [6, 6.07) is 34.2. The molecule has 184 valence electrons. The molecule has 0 saturated carbocycles. The molecule has 5 rings (SSSR count). The monoisotopic (exact) mass is 506 g/mol. The van der Waals surface area contributed by atoms with Crippen molar-refractivity contribution < 1.29 is 9.90 Å². The minimum atomic E-state index is -0.252. The fourth-order valence-electron chi connectivity index (χ4n) is 4.25. The van der Waals surface area contributed by atoms with E-state index in [1.807, 2.05) is 72.8 Å². The van der Waals surface area contributed by atoms with Gasteiger partial charge in [-0.2, -0.15) is 0 Å². The lowest BCUT2D eigenvalue weighted by molar-refractivity contribution is 0.0954. The third-order valence-corrected chi connectivity index (χ3v) is 7.10. The van der Waals surface area contributed by atoms with Crippen LogP contribution in [0, 0.1) is 0 Å². The SMILES string of the molecule is O=C(NCCc1cccc(-c2ccc(Cc3sc(=O)[nH]c3O)cc2)c1)c1ccc(-c2ccccc2)cc1. The first-order valence-electron chi connectivity index (χ1n) is 12.1. The van der Waals surface area contributed by atoms with Crippen molar-refractivity contribution in [2.45, 2.75) is 12.8 Å². The summed E-state index contributed by atoms with van der Waals surface area (Å²) in [5.41, 5.74) is 7.20. The Morgan fingerprint density at radius 3 is 2.11 bits per heavy atom. The molecule has 0 aliphatic heterocycles. The zero-order valence-corrected chi connectivity index (χ0v) is 20.9. The number of nitrogens with one attached hydrogen (secondary N) is 2. The Morgan fingerprint density at radius 2 is 1.41 bits per heavy atom. The van der Waals surface area contributed by atoms with Gasteiger partial charge in [0.05, 0.1) is 4.88 Å². The van der Waals surface area contributed by atoms with Crippen LogP contribution in [0.3, 0.4) is 0 Å². The molecular weight excluding hydrogens is 480 g/mol. The first-order valence-corrected chi connectivity index (χ1v) is 12.9. The molecular formula is C31H26N2O3S. The number of carbonyl (C=O) groups excluding carboxylic acids is 1. The Morgan fingerprint density at radius 1 is 0.757 bits per heavy atom. The van der Waals surface area contributed by atoms with Crippen molar-refractivity contribution in [1.29, 1.82) is 0 Å². The molecule has 4 aromatic carbocycles. The summed E-state index contributed by atoms with van der Waals surface area (Å²) < 4.78 is 0. The summed E-state index contributed by atoms with van der Waals surface area (Å²) in [6.07, 6.45) is 1.23. The largest absolute Gasteiger partial charge is 0.494 e. The highest BCUT2D eigenvalue weighted by Gasteiger charge is 2.09. The number of aromatic nitrogens is 1. The normalized spacial score (nSPS) is 10.8. The standard InChI is InChI=1S/C31H26N2O3S/c34-29(26-15-13-24(14-16-26)23-6-2-1-3-7-23)32-18-17-21-5-4-8-27(19-21)25-11-9-22(10-12-25)20-28-30(35)33-31(36)37-28/h1-16,19,35H,17-18,20H2,(H,32,34)(H,33,36). The molecule has 1 heterocycles. The second kappa shape index (κ2) is 11.1. The van der Waals surface area contributed by atoms with E-state index in [0.717, 1.165) is 51.1 Å². The molecule has 0 aliphatic carbocycles. The highest BCUT2D eigenvalue weighted by Crippen LogP contribution is 2.25. The molecule has 6 heteroatoms. The number of aromatic amines is 1. The minimum absolute atomic E-state index is 0.0527. The number of benzene rings is 4. The molecule has 0 bridgehead atoms. The van der Waals surface area contributed by atoms with Crippen molar-refractivity contribution in [3.63, 3.8) is 0 Å². The summed E-state index contributed by atoms with van der Waals surface area (Å²) in [4.78, 5) is 26.8. The smallest absolute Gasteiger partial charge is 0.307 e. The lowest BCUT2D eigenvalue weighted by atomic mass is 10.00. The van der Waals surface area contributed by atoms with Crippen LogP contribution in [0.15, 0.2) is 108 Å². The summed E-state index contributed by atoms with van der Waals surface area (Å²) in [6.45, 7) is 0.546. The summed E-state index contributed by atoms with van der Waals surface area (Å²) >= 11 is 1.03. The molecule has 3 N–H and O–H groups in total. The van der Waals surface area contributed by atoms with Crippen LogP contribution >= 0.6 is 11.3 Å². The lowest BCUT2D eigenvalue weighted by Crippen LogP contribution is -2.25. The van der Waals surface area contributed by atoms with Gasteiger partial charge in [-0.1, -0.05) is 102 Å². The predicted molar refractivity (Wildman–Crippen MR) is 149 cm³/mol. The number of rotatable bonds is 8. The molecule has 0 spiro atoms. The Labute approximate surface area is 219 Å². The highest BCUT2D eigenvalue weighted by molar-refractivity contribution is 7.09. The Balaban J connectivity index is 1.17. The van der Waals surface area contributed by atoms with Crippen LogP contribution in [0.1, 0.15) is 26.4 Å². The van der Waals surface area contributed by atoms with E-state index in [9.17, 15) is 14.7 Å². The van der Waals surface area contributed by atoms with E-state index in [1.165, 1.54) is 0 Å². The fourth-order valence-corrected chi connectivity index (χ4v) is 5.00. The van der Waals surface area contributed by atoms with E-state index in [4.69, 9.17) is 0 Å². The molecule has 5 aromatic rings. The maximum Gasteiger partial charge on any atom is 0.307 e. The molecule has 37 heavy (non-hydrogen) atoms. The third-order valence-electron chi connectivity index (χ3n) is 6.23. The predicted octanol–water partition coefficient (Wildman–Crippen LogP) is 6.04. The number of aromatic hydroxyl groups is 1. The maximum atomic E-state index is 12.6. The average molecular weight is 507 g/mol. The van der Waals surface area contributed by atoms with Crippen molar-refractivity contribution in [3.8, 4) is 28.1 Å². The molecule has 1 aromatic heterocycles. The van der Waals surface area contributed by atoms with Crippen molar-refractivity contribution in [2.24, 2.45) is 0 Å². The average Bonchev–Trinajstić information content (AvgIpc) is 3.25. The quantitative estimate of drug-likeness (QED) is 0.240. The molecule has 0 atom stereocenters. The second-order valence-corrected chi connectivity index (χ2v) is 9.88. The number of hydrogen-bond acceptors (Lipinski definition) is 4. The second-order valence-electron chi connectivity index (χ2n) is 8.81. The van der Waals surface area contributed by atoms with Crippen LogP contribution in [0.5, 0.6) is 5.88 Å². The van der Waals surface area contributed by atoms with Crippen LogP contribution in [0.4, 0.5) is 0 Å². The van der Waals surface area contributed by atoms with Crippen molar-refractivity contribution >= 4 is 17.2 Å². The zero-order valence-electron chi connectivity index (χ0n) is 20.1. The van der Waals surface area contributed by atoms with E-state index >= 15 is 0 Å². The van der Waals surface area contributed by atoms with Crippen molar-refractivity contribution in [3.05, 3.63) is 134 Å². The molecule has 0 radical (unpaired) electrons. The van der Waals surface area contributed by atoms with E-state index in [1.54, 1.807) is 0 Å². The van der Waals surface area contributed by atoms with Crippen LogP contribution in [0.25, 0.3) is 22.3 Å². The first kappa shape index (κ1) is 24.3. The molecule has 0 unspecified atom stereocenters. The van der Waals surface area contributed by atoms with Gasteiger partial charge >= 0.3 is 4.87 Å². The molecule has 0 aliphatic rings. The van der Waals surface area contributed by atoms with Gasteiger partial charge in [0.15, 0.2) is 0 Å². The summed E-state index contributed by atoms with van der Waals surface area (Å²) in [5.74, 6) is -0.132. The summed E-state index contributed by atoms with van der Waals surface area (Å²) in [5, 5.41) is 12.8. The van der Waals surface area contributed by atoms with Gasteiger partial charge in [0.2, 0.25) is 5.88 Å². The number of carbonyl (C=O) groups is 1.